The standard InChI is InChI=1S/C14H21FN2O2S/c1-11-7-12(2)10-17(9-11)20(18,19)16-8-13-3-5-14(15)6-4-13/h3-6,11-12,16H,7-10H2,1-2H3/t11-,12-/m0/s1. The van der Waals surface area contributed by atoms with Gasteiger partial charge in [0.15, 0.2) is 0 Å². The molecule has 0 radical (unpaired) electrons. The van der Waals surface area contributed by atoms with Crippen LogP contribution in [0.3, 0.4) is 0 Å². The van der Waals surface area contributed by atoms with Crippen molar-refractivity contribution in [3.05, 3.63) is 35.6 Å². The molecule has 4 nitrogen and oxygen atoms in total. The van der Waals surface area contributed by atoms with Crippen molar-refractivity contribution in [3.63, 3.8) is 0 Å². The molecule has 1 N–H and O–H groups in total. The fourth-order valence-corrected chi connectivity index (χ4v) is 4.10. The summed E-state index contributed by atoms with van der Waals surface area (Å²) in [6.45, 7) is 5.43. The van der Waals surface area contributed by atoms with E-state index in [1.807, 2.05) is 0 Å². The molecule has 0 bridgehead atoms. The molecular weight excluding hydrogens is 279 g/mol. The van der Waals surface area contributed by atoms with Crippen molar-refractivity contribution in [2.45, 2.75) is 26.8 Å². The highest BCUT2D eigenvalue weighted by Crippen LogP contribution is 2.22. The number of nitrogens with zero attached hydrogens (tertiary/aromatic N) is 1. The van der Waals surface area contributed by atoms with Crippen LogP contribution in [0.5, 0.6) is 0 Å². The third kappa shape index (κ3) is 4.01. The van der Waals surface area contributed by atoms with Crippen molar-refractivity contribution in [3.8, 4) is 0 Å². The molecule has 1 aliphatic heterocycles. The van der Waals surface area contributed by atoms with Crippen molar-refractivity contribution in [2.75, 3.05) is 13.1 Å². The first-order chi connectivity index (χ1) is 9.37. The van der Waals surface area contributed by atoms with Crippen molar-refractivity contribution >= 4 is 10.2 Å². The normalized spacial score (nSPS) is 24.8. The van der Waals surface area contributed by atoms with Crippen LogP contribution in [-0.2, 0) is 16.8 Å². The minimum absolute atomic E-state index is 0.182. The average molecular weight is 300 g/mol. The number of hydrogen-bond donors (Lipinski definition) is 1. The molecule has 1 aliphatic rings. The van der Waals surface area contributed by atoms with E-state index in [0.717, 1.165) is 12.0 Å². The maximum Gasteiger partial charge on any atom is 0.279 e. The minimum atomic E-state index is -3.47. The molecule has 112 valence electrons. The zero-order chi connectivity index (χ0) is 14.8. The molecule has 0 saturated carbocycles. The van der Waals surface area contributed by atoms with Gasteiger partial charge in [0.1, 0.15) is 5.82 Å². The summed E-state index contributed by atoms with van der Waals surface area (Å²) in [7, 11) is -3.47. The molecule has 1 aromatic carbocycles. The number of benzene rings is 1. The van der Waals surface area contributed by atoms with Gasteiger partial charge in [-0.2, -0.15) is 17.4 Å². The van der Waals surface area contributed by atoms with Crippen LogP contribution in [0.4, 0.5) is 4.39 Å². The number of hydrogen-bond acceptors (Lipinski definition) is 2. The van der Waals surface area contributed by atoms with Gasteiger partial charge in [0.05, 0.1) is 0 Å². The Bertz CT molecular complexity index is 535. The summed E-state index contributed by atoms with van der Waals surface area (Å²) in [5.74, 6) is 0.428. The predicted molar refractivity (Wildman–Crippen MR) is 76.7 cm³/mol. The zero-order valence-electron chi connectivity index (χ0n) is 11.8. The Kier molecular flexibility index (Phi) is 4.78. The Labute approximate surface area is 120 Å². The van der Waals surface area contributed by atoms with Crippen LogP contribution in [-0.4, -0.2) is 25.8 Å². The van der Waals surface area contributed by atoms with E-state index in [-0.39, 0.29) is 12.4 Å². The number of rotatable bonds is 4. The summed E-state index contributed by atoms with van der Waals surface area (Å²) < 4.78 is 41.4. The van der Waals surface area contributed by atoms with Gasteiger partial charge in [-0.3, -0.25) is 0 Å². The van der Waals surface area contributed by atoms with E-state index >= 15 is 0 Å². The lowest BCUT2D eigenvalue weighted by molar-refractivity contribution is 0.220. The first kappa shape index (κ1) is 15.4. The monoisotopic (exact) mass is 300 g/mol. The Hall–Kier alpha value is -0.980. The van der Waals surface area contributed by atoms with E-state index < -0.39 is 10.2 Å². The second-order valence-electron chi connectivity index (χ2n) is 5.72. The SMILES string of the molecule is C[C@H]1C[C@H](C)CN(S(=O)(=O)NCc2ccc(F)cc2)C1. The van der Waals surface area contributed by atoms with Gasteiger partial charge >= 0.3 is 0 Å². The molecule has 0 aliphatic carbocycles. The van der Waals surface area contributed by atoms with Crippen LogP contribution in [0.25, 0.3) is 0 Å². The predicted octanol–water partition coefficient (Wildman–Crippen LogP) is 2.14. The molecule has 1 saturated heterocycles. The smallest absolute Gasteiger partial charge is 0.207 e. The quantitative estimate of drug-likeness (QED) is 0.926. The summed E-state index contributed by atoms with van der Waals surface area (Å²) in [5, 5.41) is 0. The summed E-state index contributed by atoms with van der Waals surface area (Å²) >= 11 is 0. The van der Waals surface area contributed by atoms with Gasteiger partial charge in [-0.05, 0) is 36.0 Å². The lowest BCUT2D eigenvalue weighted by Gasteiger charge is -2.33. The van der Waals surface area contributed by atoms with Gasteiger partial charge in [0.2, 0.25) is 0 Å². The van der Waals surface area contributed by atoms with Crippen LogP contribution in [0.1, 0.15) is 25.8 Å². The maximum absolute atomic E-state index is 12.8. The second kappa shape index (κ2) is 6.20. The third-order valence-electron chi connectivity index (χ3n) is 3.55. The molecule has 1 fully saturated rings. The molecule has 2 rings (SSSR count). The molecule has 0 amide bonds. The van der Waals surface area contributed by atoms with Gasteiger partial charge < -0.3 is 0 Å². The molecule has 0 aromatic heterocycles. The van der Waals surface area contributed by atoms with Crippen LogP contribution in [0, 0.1) is 17.7 Å². The van der Waals surface area contributed by atoms with E-state index in [4.69, 9.17) is 0 Å². The molecule has 1 aromatic rings. The van der Waals surface area contributed by atoms with E-state index in [1.54, 1.807) is 12.1 Å². The van der Waals surface area contributed by atoms with Crippen LogP contribution < -0.4 is 4.72 Å². The maximum atomic E-state index is 12.8. The summed E-state index contributed by atoms with van der Waals surface area (Å²) in [6.07, 6.45) is 1.06. The fourth-order valence-electron chi connectivity index (χ4n) is 2.67. The molecular formula is C14H21FN2O2S. The van der Waals surface area contributed by atoms with Gasteiger partial charge in [0, 0.05) is 19.6 Å². The Morgan fingerprint density at radius 2 is 1.75 bits per heavy atom. The van der Waals surface area contributed by atoms with Gasteiger partial charge in [0.25, 0.3) is 10.2 Å². The van der Waals surface area contributed by atoms with Gasteiger partial charge in [-0.1, -0.05) is 26.0 Å². The highest BCUT2D eigenvalue weighted by molar-refractivity contribution is 7.87. The molecule has 20 heavy (non-hydrogen) atoms. The summed E-state index contributed by atoms with van der Waals surface area (Å²) in [4.78, 5) is 0. The Balaban J connectivity index is 1.98. The molecule has 0 spiro atoms. The van der Waals surface area contributed by atoms with Gasteiger partial charge in [-0.15, -0.1) is 0 Å². The molecule has 6 heteroatoms. The molecule has 1 heterocycles. The Morgan fingerprint density at radius 3 is 2.30 bits per heavy atom. The van der Waals surface area contributed by atoms with E-state index in [0.29, 0.717) is 24.9 Å². The van der Waals surface area contributed by atoms with Crippen LogP contribution >= 0.6 is 0 Å². The lowest BCUT2D eigenvalue weighted by atomic mass is 9.94. The fraction of sp³-hybridized carbons (Fsp3) is 0.571. The molecule has 2 atom stereocenters. The Morgan fingerprint density at radius 1 is 1.20 bits per heavy atom. The highest BCUT2D eigenvalue weighted by Gasteiger charge is 2.29. The first-order valence-corrected chi connectivity index (χ1v) is 8.30. The van der Waals surface area contributed by atoms with E-state index in [9.17, 15) is 12.8 Å². The van der Waals surface area contributed by atoms with Crippen molar-refractivity contribution in [2.24, 2.45) is 11.8 Å². The molecule has 0 unspecified atom stereocenters. The summed E-state index contributed by atoms with van der Waals surface area (Å²) in [6, 6.07) is 5.82. The minimum Gasteiger partial charge on any atom is -0.207 e. The zero-order valence-corrected chi connectivity index (χ0v) is 12.7. The third-order valence-corrected chi connectivity index (χ3v) is 5.03. The summed E-state index contributed by atoms with van der Waals surface area (Å²) in [5.41, 5.74) is 0.744. The first-order valence-electron chi connectivity index (χ1n) is 6.86. The van der Waals surface area contributed by atoms with Crippen molar-refractivity contribution in [1.29, 1.82) is 0 Å². The number of piperidine rings is 1. The lowest BCUT2D eigenvalue weighted by Crippen LogP contribution is -2.47. The average Bonchev–Trinajstić information content (AvgIpc) is 2.37. The van der Waals surface area contributed by atoms with E-state index in [1.165, 1.54) is 16.4 Å². The van der Waals surface area contributed by atoms with E-state index in [2.05, 4.69) is 18.6 Å². The topological polar surface area (TPSA) is 49.4 Å². The largest absolute Gasteiger partial charge is 0.279 e. The van der Waals surface area contributed by atoms with Crippen LogP contribution in [0.2, 0.25) is 0 Å². The number of nitrogens with one attached hydrogen (secondary N) is 1. The van der Waals surface area contributed by atoms with Crippen LogP contribution in [0.15, 0.2) is 24.3 Å². The number of halogens is 1. The van der Waals surface area contributed by atoms with Gasteiger partial charge in [-0.25, -0.2) is 4.39 Å². The van der Waals surface area contributed by atoms with Crippen molar-refractivity contribution in [1.82, 2.24) is 9.03 Å². The second-order valence-corrected chi connectivity index (χ2v) is 7.47. The highest BCUT2D eigenvalue weighted by atomic mass is 32.2. The van der Waals surface area contributed by atoms with Crippen molar-refractivity contribution < 1.29 is 12.8 Å².